The first kappa shape index (κ1) is 16.0. The lowest BCUT2D eigenvalue weighted by molar-refractivity contribution is -0.123. The smallest absolute Gasteiger partial charge is 0.241 e. The van der Waals surface area contributed by atoms with Crippen molar-refractivity contribution in [2.24, 2.45) is 11.7 Å². The Balaban J connectivity index is 1.81. The summed E-state index contributed by atoms with van der Waals surface area (Å²) in [6, 6.07) is 6.96. The predicted molar refractivity (Wildman–Crippen MR) is 83.7 cm³/mol. The van der Waals surface area contributed by atoms with Crippen molar-refractivity contribution in [3.8, 4) is 0 Å². The Bertz CT molecular complexity index is 452. The van der Waals surface area contributed by atoms with E-state index >= 15 is 0 Å². The van der Waals surface area contributed by atoms with Crippen LogP contribution in [0.2, 0.25) is 0 Å². The van der Waals surface area contributed by atoms with Gasteiger partial charge >= 0.3 is 0 Å². The van der Waals surface area contributed by atoms with Gasteiger partial charge in [-0.15, -0.1) is 0 Å². The number of carbonyl (C=O) groups is 1. The Morgan fingerprint density at radius 3 is 2.52 bits per heavy atom. The number of aliphatic hydroxyl groups is 1. The Kier molecular flexibility index (Phi) is 5.76. The van der Waals surface area contributed by atoms with Crippen molar-refractivity contribution in [3.63, 3.8) is 0 Å². The monoisotopic (exact) mass is 290 g/mol. The summed E-state index contributed by atoms with van der Waals surface area (Å²) in [4.78, 5) is 12.1. The molecule has 21 heavy (non-hydrogen) atoms. The lowest BCUT2D eigenvalue weighted by atomic mass is 9.85. The van der Waals surface area contributed by atoms with Crippen LogP contribution in [0.25, 0.3) is 0 Å². The predicted octanol–water partition coefficient (Wildman–Crippen LogP) is 2.05. The van der Waals surface area contributed by atoms with E-state index in [9.17, 15) is 9.90 Å². The van der Waals surface area contributed by atoms with Gasteiger partial charge in [-0.25, -0.2) is 0 Å². The summed E-state index contributed by atoms with van der Waals surface area (Å²) in [5.41, 5.74) is 7.89. The molecule has 1 aromatic rings. The minimum Gasteiger partial charge on any atom is -0.391 e. The van der Waals surface area contributed by atoms with Crippen LogP contribution < -0.4 is 11.1 Å². The fourth-order valence-corrected chi connectivity index (χ4v) is 2.93. The van der Waals surface area contributed by atoms with E-state index in [1.54, 1.807) is 0 Å². The third-order valence-corrected chi connectivity index (χ3v) is 4.40. The van der Waals surface area contributed by atoms with Gasteiger partial charge in [0.2, 0.25) is 5.91 Å². The average molecular weight is 290 g/mol. The highest BCUT2D eigenvalue weighted by Gasteiger charge is 2.23. The Labute approximate surface area is 126 Å². The third kappa shape index (κ3) is 4.55. The van der Waals surface area contributed by atoms with Crippen molar-refractivity contribution < 1.29 is 9.90 Å². The zero-order valence-electron chi connectivity index (χ0n) is 12.7. The molecule has 0 radical (unpaired) electrons. The van der Waals surface area contributed by atoms with E-state index in [0.717, 1.165) is 24.0 Å². The van der Waals surface area contributed by atoms with Gasteiger partial charge in [0, 0.05) is 6.54 Å². The van der Waals surface area contributed by atoms with Crippen LogP contribution in [0.15, 0.2) is 24.3 Å². The van der Waals surface area contributed by atoms with Crippen LogP contribution in [0.1, 0.15) is 49.3 Å². The quantitative estimate of drug-likeness (QED) is 0.777. The maximum absolute atomic E-state index is 12.1. The second kappa shape index (κ2) is 7.57. The molecule has 1 amide bonds. The van der Waals surface area contributed by atoms with Gasteiger partial charge in [0.15, 0.2) is 0 Å². The summed E-state index contributed by atoms with van der Waals surface area (Å²) in [7, 11) is 0. The van der Waals surface area contributed by atoms with E-state index in [2.05, 4.69) is 5.32 Å². The molecule has 2 unspecified atom stereocenters. The highest BCUT2D eigenvalue weighted by Crippen LogP contribution is 2.26. The number of amides is 1. The fourth-order valence-electron chi connectivity index (χ4n) is 2.93. The van der Waals surface area contributed by atoms with Crippen molar-refractivity contribution >= 4 is 5.91 Å². The van der Waals surface area contributed by atoms with Crippen LogP contribution in [-0.4, -0.2) is 23.7 Å². The Morgan fingerprint density at radius 1 is 1.29 bits per heavy atom. The molecule has 0 heterocycles. The summed E-state index contributed by atoms with van der Waals surface area (Å²) in [5, 5.41) is 12.9. The number of carbonyl (C=O) groups excluding carboxylic acids is 1. The van der Waals surface area contributed by atoms with E-state index in [1.807, 2.05) is 31.2 Å². The average Bonchev–Trinajstić information content (AvgIpc) is 2.53. The number of aryl methyl sites for hydroxylation is 1. The van der Waals surface area contributed by atoms with Crippen LogP contribution in [0, 0.1) is 12.8 Å². The first-order valence-electron chi connectivity index (χ1n) is 7.86. The van der Waals surface area contributed by atoms with Crippen molar-refractivity contribution in [1.29, 1.82) is 0 Å². The molecule has 1 saturated carbocycles. The molecule has 4 N–H and O–H groups in total. The van der Waals surface area contributed by atoms with Gasteiger partial charge in [-0.05, 0) is 31.2 Å². The zero-order valence-corrected chi connectivity index (χ0v) is 12.7. The summed E-state index contributed by atoms with van der Waals surface area (Å²) >= 11 is 0. The number of rotatable bonds is 5. The van der Waals surface area contributed by atoms with Gasteiger partial charge in [-0.2, -0.15) is 0 Å². The number of hydrogen-bond acceptors (Lipinski definition) is 3. The summed E-state index contributed by atoms with van der Waals surface area (Å²) in [6.07, 6.45) is 5.27. The molecule has 116 valence electrons. The Morgan fingerprint density at radius 2 is 1.90 bits per heavy atom. The molecular weight excluding hydrogens is 264 g/mol. The molecule has 0 aromatic heterocycles. The molecule has 0 spiro atoms. The maximum Gasteiger partial charge on any atom is 0.241 e. The van der Waals surface area contributed by atoms with E-state index < -0.39 is 12.1 Å². The van der Waals surface area contributed by atoms with Crippen LogP contribution in [-0.2, 0) is 4.79 Å². The lowest BCUT2D eigenvalue weighted by Gasteiger charge is -2.27. The number of benzene rings is 1. The SMILES string of the molecule is Cc1ccc(C(N)C(=O)NCC(O)C2CCCCC2)cc1. The van der Waals surface area contributed by atoms with Gasteiger partial charge in [0.05, 0.1) is 6.10 Å². The van der Waals surface area contributed by atoms with E-state index in [1.165, 1.54) is 19.3 Å². The minimum atomic E-state index is -0.677. The molecular formula is C17H26N2O2. The number of nitrogens with two attached hydrogens (primary N) is 1. The van der Waals surface area contributed by atoms with Crippen LogP contribution in [0.4, 0.5) is 0 Å². The normalized spacial score (nSPS) is 19.0. The van der Waals surface area contributed by atoms with Gasteiger partial charge in [0.25, 0.3) is 0 Å². The van der Waals surface area contributed by atoms with Gasteiger partial charge < -0.3 is 16.2 Å². The van der Waals surface area contributed by atoms with Gasteiger partial charge in [-0.3, -0.25) is 4.79 Å². The second-order valence-electron chi connectivity index (χ2n) is 6.10. The topological polar surface area (TPSA) is 75.4 Å². The molecule has 0 saturated heterocycles. The van der Waals surface area contributed by atoms with Crippen molar-refractivity contribution in [3.05, 3.63) is 35.4 Å². The minimum absolute atomic E-state index is 0.228. The molecule has 1 aromatic carbocycles. The number of hydrogen-bond donors (Lipinski definition) is 3. The third-order valence-electron chi connectivity index (χ3n) is 4.40. The number of aliphatic hydroxyl groups excluding tert-OH is 1. The Hall–Kier alpha value is -1.39. The summed E-state index contributed by atoms with van der Waals surface area (Å²) in [6.45, 7) is 2.29. The first-order valence-corrected chi connectivity index (χ1v) is 7.86. The molecule has 1 aliphatic rings. The van der Waals surface area contributed by atoms with Gasteiger partial charge in [0.1, 0.15) is 6.04 Å². The first-order chi connectivity index (χ1) is 10.1. The molecule has 1 aliphatic carbocycles. The highest BCUT2D eigenvalue weighted by molar-refractivity contribution is 5.82. The molecule has 0 aliphatic heterocycles. The molecule has 2 atom stereocenters. The van der Waals surface area contributed by atoms with E-state index in [4.69, 9.17) is 5.73 Å². The largest absolute Gasteiger partial charge is 0.391 e. The van der Waals surface area contributed by atoms with E-state index in [0.29, 0.717) is 12.5 Å². The standard InChI is InChI=1S/C17H26N2O2/c1-12-7-9-14(10-8-12)16(18)17(21)19-11-15(20)13-5-3-2-4-6-13/h7-10,13,15-16,20H,2-6,11,18H2,1H3,(H,19,21). The molecule has 1 fully saturated rings. The van der Waals surface area contributed by atoms with E-state index in [-0.39, 0.29) is 5.91 Å². The van der Waals surface area contributed by atoms with Crippen LogP contribution in [0.5, 0.6) is 0 Å². The van der Waals surface area contributed by atoms with Crippen molar-refractivity contribution in [1.82, 2.24) is 5.32 Å². The summed E-state index contributed by atoms with van der Waals surface area (Å²) < 4.78 is 0. The fraction of sp³-hybridized carbons (Fsp3) is 0.588. The summed E-state index contributed by atoms with van der Waals surface area (Å²) in [5.74, 6) is 0.0864. The van der Waals surface area contributed by atoms with Crippen LogP contribution in [0.3, 0.4) is 0 Å². The molecule has 0 bridgehead atoms. The lowest BCUT2D eigenvalue weighted by Crippen LogP contribution is -2.41. The molecule has 2 rings (SSSR count). The highest BCUT2D eigenvalue weighted by atomic mass is 16.3. The van der Waals surface area contributed by atoms with Crippen molar-refractivity contribution in [2.45, 2.75) is 51.2 Å². The zero-order chi connectivity index (χ0) is 15.2. The van der Waals surface area contributed by atoms with Crippen LogP contribution >= 0.6 is 0 Å². The van der Waals surface area contributed by atoms with Gasteiger partial charge in [-0.1, -0.05) is 49.1 Å². The maximum atomic E-state index is 12.1. The molecule has 4 heteroatoms. The number of nitrogens with one attached hydrogen (secondary N) is 1. The second-order valence-corrected chi connectivity index (χ2v) is 6.10. The van der Waals surface area contributed by atoms with Crippen molar-refractivity contribution in [2.75, 3.05) is 6.54 Å². The molecule has 4 nitrogen and oxygen atoms in total.